The molecule has 1 fully saturated rings. The van der Waals surface area contributed by atoms with E-state index in [-0.39, 0.29) is 12.5 Å². The van der Waals surface area contributed by atoms with Crippen molar-refractivity contribution in [1.29, 1.82) is 0 Å². The predicted molar refractivity (Wildman–Crippen MR) is 57.9 cm³/mol. The molecule has 0 saturated carbocycles. The summed E-state index contributed by atoms with van der Waals surface area (Å²) < 4.78 is 13.3. The molecule has 0 spiro atoms. The molecule has 1 heterocycles. The fourth-order valence-electron chi connectivity index (χ4n) is 1.84. The van der Waals surface area contributed by atoms with Crippen molar-refractivity contribution in [3.8, 4) is 0 Å². The number of amides is 1. The number of aliphatic hydroxyl groups excluding tert-OH is 1. The lowest BCUT2D eigenvalue weighted by Gasteiger charge is -2.32. The van der Waals surface area contributed by atoms with Crippen LogP contribution in [0.2, 0.25) is 0 Å². The number of hydrogen-bond donors (Lipinski definition) is 1. The van der Waals surface area contributed by atoms with Crippen LogP contribution >= 0.6 is 0 Å². The fourth-order valence-corrected chi connectivity index (χ4v) is 1.84. The van der Waals surface area contributed by atoms with Gasteiger partial charge < -0.3 is 10.0 Å². The van der Waals surface area contributed by atoms with E-state index in [1.54, 1.807) is 24.3 Å². The number of likely N-dealkylation sites (tertiary alicyclic amines) is 1. The van der Waals surface area contributed by atoms with E-state index in [9.17, 15) is 14.3 Å². The Balaban J connectivity index is 2.06. The molecule has 4 heteroatoms. The lowest BCUT2D eigenvalue weighted by molar-refractivity contribution is 0.00826. The van der Waals surface area contributed by atoms with E-state index in [1.807, 2.05) is 6.07 Å². The fraction of sp³-hybridized carbons (Fsp3) is 0.417. The monoisotopic (exact) mass is 223 g/mol. The highest BCUT2D eigenvalue weighted by Crippen LogP contribution is 2.16. The first-order valence-corrected chi connectivity index (χ1v) is 5.35. The van der Waals surface area contributed by atoms with E-state index < -0.39 is 12.3 Å². The van der Waals surface area contributed by atoms with Crippen LogP contribution in [0.15, 0.2) is 30.3 Å². The second-order valence-corrected chi connectivity index (χ2v) is 3.99. The van der Waals surface area contributed by atoms with Crippen molar-refractivity contribution in [2.75, 3.05) is 13.1 Å². The van der Waals surface area contributed by atoms with Crippen LogP contribution in [-0.2, 0) is 0 Å². The van der Waals surface area contributed by atoms with Gasteiger partial charge in [-0.3, -0.25) is 4.79 Å². The summed E-state index contributed by atoms with van der Waals surface area (Å²) in [6.07, 6.45) is -1.96. The first-order chi connectivity index (χ1) is 7.68. The van der Waals surface area contributed by atoms with Crippen molar-refractivity contribution in [2.24, 2.45) is 0 Å². The molecule has 0 unspecified atom stereocenters. The molecular formula is C12H14FNO2. The number of carbonyl (C=O) groups is 1. The van der Waals surface area contributed by atoms with Gasteiger partial charge in [-0.1, -0.05) is 18.2 Å². The minimum atomic E-state index is -1.33. The Labute approximate surface area is 93.5 Å². The van der Waals surface area contributed by atoms with Gasteiger partial charge in [0.25, 0.3) is 5.91 Å². The van der Waals surface area contributed by atoms with Crippen LogP contribution in [0.5, 0.6) is 0 Å². The maximum atomic E-state index is 13.3. The Bertz CT molecular complexity index is 369. The van der Waals surface area contributed by atoms with Crippen molar-refractivity contribution in [2.45, 2.75) is 18.7 Å². The largest absolute Gasteiger partial charge is 0.390 e. The molecule has 2 atom stereocenters. The van der Waals surface area contributed by atoms with Gasteiger partial charge in [-0.15, -0.1) is 0 Å². The van der Waals surface area contributed by atoms with Crippen molar-refractivity contribution >= 4 is 5.91 Å². The second kappa shape index (κ2) is 4.61. The maximum absolute atomic E-state index is 13.3. The Morgan fingerprint density at radius 3 is 2.69 bits per heavy atom. The lowest BCUT2D eigenvalue weighted by Crippen LogP contribution is -2.47. The van der Waals surface area contributed by atoms with Gasteiger partial charge in [-0.2, -0.15) is 0 Å². The SMILES string of the molecule is O=C(c1ccccc1)N1CC[C@@H](O)[C@H](F)C1. The number of carbonyl (C=O) groups excluding carboxylic acids is 1. The zero-order chi connectivity index (χ0) is 11.5. The highest BCUT2D eigenvalue weighted by molar-refractivity contribution is 5.94. The minimum Gasteiger partial charge on any atom is -0.390 e. The van der Waals surface area contributed by atoms with E-state index in [1.165, 1.54) is 4.90 Å². The molecule has 2 rings (SSSR count). The zero-order valence-corrected chi connectivity index (χ0v) is 8.84. The average molecular weight is 223 g/mol. The van der Waals surface area contributed by atoms with E-state index in [2.05, 4.69) is 0 Å². The van der Waals surface area contributed by atoms with Gasteiger partial charge in [0.05, 0.1) is 12.6 Å². The van der Waals surface area contributed by atoms with Gasteiger partial charge in [0, 0.05) is 12.1 Å². The van der Waals surface area contributed by atoms with E-state index in [4.69, 9.17) is 0 Å². The normalized spacial score (nSPS) is 25.5. The minimum absolute atomic E-state index is 0.0190. The molecule has 1 aromatic carbocycles. The summed E-state index contributed by atoms with van der Waals surface area (Å²) in [6.45, 7) is 0.393. The first-order valence-electron chi connectivity index (χ1n) is 5.35. The highest BCUT2D eigenvalue weighted by atomic mass is 19.1. The zero-order valence-electron chi connectivity index (χ0n) is 8.84. The third-order valence-electron chi connectivity index (χ3n) is 2.82. The molecule has 3 nitrogen and oxygen atoms in total. The molecule has 1 saturated heterocycles. The molecule has 1 N–H and O–H groups in total. The smallest absolute Gasteiger partial charge is 0.253 e. The summed E-state index contributed by atoms with van der Waals surface area (Å²) in [5.41, 5.74) is 0.561. The molecule has 0 bridgehead atoms. The molecular weight excluding hydrogens is 209 g/mol. The number of hydrogen-bond acceptors (Lipinski definition) is 2. The van der Waals surface area contributed by atoms with E-state index >= 15 is 0 Å². The van der Waals surface area contributed by atoms with E-state index in [0.29, 0.717) is 18.5 Å². The molecule has 16 heavy (non-hydrogen) atoms. The summed E-state index contributed by atoms with van der Waals surface area (Å²) in [7, 11) is 0. The van der Waals surface area contributed by atoms with E-state index in [0.717, 1.165) is 0 Å². The number of aliphatic hydroxyl groups is 1. The standard InChI is InChI=1S/C12H14FNO2/c13-10-8-14(7-6-11(10)15)12(16)9-4-2-1-3-5-9/h1-5,10-11,15H,6-8H2/t10-,11-/m1/s1. The van der Waals surface area contributed by atoms with Crippen LogP contribution in [0.25, 0.3) is 0 Å². The van der Waals surface area contributed by atoms with Crippen molar-refractivity contribution in [3.63, 3.8) is 0 Å². The molecule has 0 aliphatic carbocycles. The first kappa shape index (κ1) is 11.1. The van der Waals surface area contributed by atoms with Gasteiger partial charge in [0.2, 0.25) is 0 Å². The van der Waals surface area contributed by atoms with Crippen LogP contribution in [-0.4, -0.2) is 41.3 Å². The summed E-state index contributed by atoms with van der Waals surface area (Å²) in [4.78, 5) is 13.4. The summed E-state index contributed by atoms with van der Waals surface area (Å²) >= 11 is 0. The molecule has 1 aromatic rings. The van der Waals surface area contributed by atoms with Gasteiger partial charge in [0.15, 0.2) is 0 Å². The van der Waals surface area contributed by atoms with Gasteiger partial charge >= 0.3 is 0 Å². The molecule has 86 valence electrons. The number of benzene rings is 1. The predicted octanol–water partition coefficient (Wildman–Crippen LogP) is 1.23. The summed E-state index contributed by atoms with van der Waals surface area (Å²) in [5.74, 6) is -0.171. The maximum Gasteiger partial charge on any atom is 0.253 e. The van der Waals surface area contributed by atoms with Crippen molar-refractivity contribution < 1.29 is 14.3 Å². The Morgan fingerprint density at radius 2 is 2.06 bits per heavy atom. The second-order valence-electron chi connectivity index (χ2n) is 3.99. The number of piperidine rings is 1. The number of rotatable bonds is 1. The lowest BCUT2D eigenvalue weighted by atomic mass is 10.0. The number of alkyl halides is 1. The van der Waals surface area contributed by atoms with Crippen LogP contribution in [0.4, 0.5) is 4.39 Å². The summed E-state index contributed by atoms with van der Waals surface area (Å²) in [6, 6.07) is 8.80. The summed E-state index contributed by atoms with van der Waals surface area (Å²) in [5, 5.41) is 9.23. The Morgan fingerprint density at radius 1 is 1.38 bits per heavy atom. The Hall–Kier alpha value is -1.42. The van der Waals surface area contributed by atoms with Crippen LogP contribution in [0.3, 0.4) is 0 Å². The topological polar surface area (TPSA) is 40.5 Å². The Kier molecular flexibility index (Phi) is 3.19. The number of halogens is 1. The molecule has 0 aromatic heterocycles. The van der Waals surface area contributed by atoms with Crippen LogP contribution in [0.1, 0.15) is 16.8 Å². The highest BCUT2D eigenvalue weighted by Gasteiger charge is 2.30. The number of nitrogens with zero attached hydrogens (tertiary/aromatic N) is 1. The average Bonchev–Trinajstić information content (AvgIpc) is 2.33. The molecule has 1 amide bonds. The van der Waals surface area contributed by atoms with Gasteiger partial charge in [-0.05, 0) is 18.6 Å². The molecule has 1 aliphatic rings. The molecule has 0 radical (unpaired) electrons. The van der Waals surface area contributed by atoms with Crippen molar-refractivity contribution in [3.05, 3.63) is 35.9 Å². The van der Waals surface area contributed by atoms with Gasteiger partial charge in [0.1, 0.15) is 6.17 Å². The van der Waals surface area contributed by atoms with Gasteiger partial charge in [-0.25, -0.2) is 4.39 Å². The van der Waals surface area contributed by atoms with Crippen LogP contribution < -0.4 is 0 Å². The van der Waals surface area contributed by atoms with Crippen LogP contribution in [0, 0.1) is 0 Å². The third-order valence-corrected chi connectivity index (χ3v) is 2.82. The molecule has 1 aliphatic heterocycles. The quantitative estimate of drug-likeness (QED) is 0.778. The van der Waals surface area contributed by atoms with Crippen molar-refractivity contribution in [1.82, 2.24) is 4.90 Å². The third kappa shape index (κ3) is 2.22.